The maximum absolute atomic E-state index is 11.4. The summed E-state index contributed by atoms with van der Waals surface area (Å²) in [5.41, 5.74) is 5.39. The van der Waals surface area contributed by atoms with Gasteiger partial charge in [-0.2, -0.15) is 0 Å². The van der Waals surface area contributed by atoms with E-state index in [0.717, 1.165) is 0 Å². The van der Waals surface area contributed by atoms with Crippen LogP contribution in [0.1, 0.15) is 19.3 Å². The molecule has 2 atom stereocenters. The van der Waals surface area contributed by atoms with Gasteiger partial charge in [-0.25, -0.2) is 4.79 Å². The average Bonchev–Trinajstić information content (AvgIpc) is 2.40. The Morgan fingerprint density at radius 3 is 2.05 bits per heavy atom. The molecule has 0 radical (unpaired) electrons. The molecule has 0 aliphatic carbocycles. The van der Waals surface area contributed by atoms with Crippen LogP contribution in [0.15, 0.2) is 0 Å². The molecule has 124 valence electrons. The first-order valence-corrected chi connectivity index (χ1v) is 6.12. The van der Waals surface area contributed by atoms with Crippen molar-refractivity contribution in [2.24, 2.45) is 5.73 Å². The normalized spacial score (nSPS) is 12.8. The quantitative estimate of drug-likeness (QED) is 0.249. The first-order valence-electron chi connectivity index (χ1n) is 6.12. The molecule has 11 heteroatoms. The van der Waals surface area contributed by atoms with Crippen LogP contribution in [0.25, 0.3) is 0 Å². The molecule has 11 nitrogen and oxygen atoms in total. The van der Waals surface area contributed by atoms with Gasteiger partial charge >= 0.3 is 17.9 Å². The van der Waals surface area contributed by atoms with Crippen LogP contribution in [0.5, 0.6) is 0 Å². The highest BCUT2D eigenvalue weighted by atomic mass is 16.4. The van der Waals surface area contributed by atoms with Crippen LogP contribution in [-0.2, 0) is 24.0 Å². The SMILES string of the molecule is NC(CCC(=O)O)C(=O)NCC(=O)NC(CC(=O)O)C(=O)O. The number of carbonyl (C=O) groups is 5. The number of amides is 2. The highest BCUT2D eigenvalue weighted by molar-refractivity contribution is 5.90. The molecule has 22 heavy (non-hydrogen) atoms. The van der Waals surface area contributed by atoms with Gasteiger partial charge in [-0.05, 0) is 6.42 Å². The largest absolute Gasteiger partial charge is 0.481 e. The molecule has 0 heterocycles. The number of nitrogens with one attached hydrogen (secondary N) is 2. The maximum Gasteiger partial charge on any atom is 0.326 e. The zero-order valence-electron chi connectivity index (χ0n) is 11.4. The summed E-state index contributed by atoms with van der Waals surface area (Å²) in [6.45, 7) is -0.608. The van der Waals surface area contributed by atoms with Gasteiger partial charge in [0.05, 0.1) is 19.0 Å². The third-order valence-electron chi connectivity index (χ3n) is 2.44. The van der Waals surface area contributed by atoms with Crippen LogP contribution < -0.4 is 16.4 Å². The van der Waals surface area contributed by atoms with Crippen LogP contribution in [0.4, 0.5) is 0 Å². The molecule has 0 saturated carbocycles. The zero-order valence-corrected chi connectivity index (χ0v) is 11.4. The second-order valence-corrected chi connectivity index (χ2v) is 4.31. The Hall–Kier alpha value is -2.69. The predicted molar refractivity (Wildman–Crippen MR) is 69.7 cm³/mol. The van der Waals surface area contributed by atoms with Crippen molar-refractivity contribution in [2.45, 2.75) is 31.3 Å². The standard InChI is InChI=1S/C11H17N3O8/c12-5(1-2-8(16)17)10(20)13-4-7(15)14-6(11(21)22)3-9(18)19/h5-6H,1-4,12H2,(H,13,20)(H,14,15)(H,16,17)(H,18,19)(H,21,22). The van der Waals surface area contributed by atoms with Crippen molar-refractivity contribution in [2.75, 3.05) is 6.54 Å². The summed E-state index contributed by atoms with van der Waals surface area (Å²) >= 11 is 0. The number of rotatable bonds is 10. The molecule has 0 saturated heterocycles. The Kier molecular flexibility index (Phi) is 8.15. The summed E-state index contributed by atoms with van der Waals surface area (Å²) in [6, 6.07) is -2.75. The van der Waals surface area contributed by atoms with Gasteiger partial charge in [0.2, 0.25) is 11.8 Å². The summed E-state index contributed by atoms with van der Waals surface area (Å²) in [5.74, 6) is -5.75. The van der Waals surface area contributed by atoms with E-state index in [0.29, 0.717) is 0 Å². The molecule has 2 amide bonds. The lowest BCUT2D eigenvalue weighted by Crippen LogP contribution is -2.49. The minimum atomic E-state index is -1.62. The van der Waals surface area contributed by atoms with Crippen LogP contribution in [-0.4, -0.2) is 63.7 Å². The van der Waals surface area contributed by atoms with Crippen molar-refractivity contribution in [3.63, 3.8) is 0 Å². The molecule has 0 aromatic carbocycles. The minimum absolute atomic E-state index is 0.125. The molecule has 0 fully saturated rings. The highest BCUT2D eigenvalue weighted by Crippen LogP contribution is 1.95. The van der Waals surface area contributed by atoms with Crippen LogP contribution in [0.2, 0.25) is 0 Å². The third-order valence-corrected chi connectivity index (χ3v) is 2.44. The number of hydrogen-bond acceptors (Lipinski definition) is 6. The zero-order chi connectivity index (χ0) is 17.3. The van der Waals surface area contributed by atoms with Crippen LogP contribution in [0, 0.1) is 0 Å². The summed E-state index contributed by atoms with van der Waals surface area (Å²) in [6.07, 6.45) is -1.26. The Morgan fingerprint density at radius 2 is 1.59 bits per heavy atom. The van der Waals surface area contributed by atoms with Crippen LogP contribution >= 0.6 is 0 Å². The van der Waals surface area contributed by atoms with Crippen molar-refractivity contribution in [1.29, 1.82) is 0 Å². The smallest absolute Gasteiger partial charge is 0.326 e. The Morgan fingerprint density at radius 1 is 1.00 bits per heavy atom. The second kappa shape index (κ2) is 9.28. The van der Waals surface area contributed by atoms with E-state index >= 15 is 0 Å². The van der Waals surface area contributed by atoms with Crippen molar-refractivity contribution in [3.8, 4) is 0 Å². The summed E-state index contributed by atoms with van der Waals surface area (Å²) < 4.78 is 0. The third kappa shape index (κ3) is 8.47. The lowest BCUT2D eigenvalue weighted by molar-refractivity contribution is -0.147. The molecule has 0 aliphatic rings. The van der Waals surface area contributed by atoms with Gasteiger partial charge in [0.25, 0.3) is 0 Å². The van der Waals surface area contributed by atoms with E-state index in [1.807, 2.05) is 5.32 Å². The van der Waals surface area contributed by atoms with Crippen LogP contribution in [0.3, 0.4) is 0 Å². The minimum Gasteiger partial charge on any atom is -0.481 e. The molecule has 2 unspecified atom stereocenters. The maximum atomic E-state index is 11.4. The molecule has 0 bridgehead atoms. The van der Waals surface area contributed by atoms with E-state index in [4.69, 9.17) is 21.1 Å². The van der Waals surface area contributed by atoms with Gasteiger partial charge in [-0.3, -0.25) is 19.2 Å². The van der Waals surface area contributed by atoms with Crippen molar-refractivity contribution < 1.29 is 39.3 Å². The molecule has 7 N–H and O–H groups in total. The predicted octanol–water partition coefficient (Wildman–Crippen LogP) is -2.66. The van der Waals surface area contributed by atoms with Gasteiger partial charge in [0.15, 0.2) is 0 Å². The van der Waals surface area contributed by atoms with Gasteiger partial charge in [0, 0.05) is 6.42 Å². The fourth-order valence-corrected chi connectivity index (χ4v) is 1.33. The number of carboxylic acids is 3. The van der Waals surface area contributed by atoms with Gasteiger partial charge < -0.3 is 31.7 Å². The Bertz CT molecular complexity index is 464. The summed E-state index contributed by atoms with van der Waals surface area (Å²) in [5, 5.41) is 29.7. The van der Waals surface area contributed by atoms with E-state index in [1.54, 1.807) is 0 Å². The molecule has 0 aromatic heterocycles. The van der Waals surface area contributed by atoms with Gasteiger partial charge in [-0.15, -0.1) is 0 Å². The number of hydrogen-bond donors (Lipinski definition) is 6. The molecular weight excluding hydrogens is 302 g/mol. The van der Waals surface area contributed by atoms with Crippen molar-refractivity contribution in [3.05, 3.63) is 0 Å². The monoisotopic (exact) mass is 319 g/mol. The lowest BCUT2D eigenvalue weighted by Gasteiger charge is -2.14. The first kappa shape index (κ1) is 19.3. The van der Waals surface area contributed by atoms with E-state index in [-0.39, 0.29) is 12.8 Å². The number of aliphatic carboxylic acids is 3. The van der Waals surface area contributed by atoms with E-state index in [1.165, 1.54) is 0 Å². The number of carboxylic acid groups (broad SMARTS) is 3. The van der Waals surface area contributed by atoms with E-state index in [2.05, 4.69) is 5.32 Å². The van der Waals surface area contributed by atoms with Gasteiger partial charge in [-0.1, -0.05) is 0 Å². The first-order chi connectivity index (χ1) is 10.1. The van der Waals surface area contributed by atoms with Crippen molar-refractivity contribution in [1.82, 2.24) is 10.6 Å². The summed E-state index contributed by atoms with van der Waals surface area (Å²) in [4.78, 5) is 54.3. The average molecular weight is 319 g/mol. The van der Waals surface area contributed by atoms with E-state index < -0.39 is 54.8 Å². The molecule has 0 rings (SSSR count). The number of nitrogens with two attached hydrogens (primary N) is 1. The lowest BCUT2D eigenvalue weighted by atomic mass is 10.1. The molecule has 0 spiro atoms. The number of carbonyl (C=O) groups excluding carboxylic acids is 2. The fraction of sp³-hybridized carbons (Fsp3) is 0.545. The Labute approximate surface area is 124 Å². The molecule has 0 aromatic rings. The topological polar surface area (TPSA) is 196 Å². The van der Waals surface area contributed by atoms with Crippen molar-refractivity contribution >= 4 is 29.7 Å². The Balaban J connectivity index is 4.25. The highest BCUT2D eigenvalue weighted by Gasteiger charge is 2.23. The molecule has 0 aliphatic heterocycles. The second-order valence-electron chi connectivity index (χ2n) is 4.31. The summed E-state index contributed by atoms with van der Waals surface area (Å²) in [7, 11) is 0. The van der Waals surface area contributed by atoms with E-state index in [9.17, 15) is 24.0 Å². The fourth-order valence-electron chi connectivity index (χ4n) is 1.33. The molecular formula is C11H17N3O8. The van der Waals surface area contributed by atoms with Gasteiger partial charge in [0.1, 0.15) is 6.04 Å².